The second kappa shape index (κ2) is 9.03. The molecule has 1 amide bonds. The van der Waals surface area contributed by atoms with Crippen molar-refractivity contribution >= 4 is 22.6 Å². The van der Waals surface area contributed by atoms with Gasteiger partial charge in [-0.3, -0.25) is 19.7 Å². The van der Waals surface area contributed by atoms with Gasteiger partial charge in [-0.25, -0.2) is 0 Å². The topological polar surface area (TPSA) is 93.1 Å². The molecular weight excluding hydrogens is 392 g/mol. The van der Waals surface area contributed by atoms with Gasteiger partial charge in [0.15, 0.2) is 5.82 Å². The highest BCUT2D eigenvalue weighted by atomic mass is 16.5. The molecule has 2 fully saturated rings. The Morgan fingerprint density at radius 3 is 2.65 bits per heavy atom. The third-order valence-corrected chi connectivity index (χ3v) is 6.33. The normalized spacial score (nSPS) is 22.3. The molecule has 0 spiro atoms. The fourth-order valence-electron chi connectivity index (χ4n) is 4.59. The van der Waals surface area contributed by atoms with E-state index in [9.17, 15) is 4.79 Å². The highest BCUT2D eigenvalue weighted by molar-refractivity contribution is 5.94. The fourth-order valence-corrected chi connectivity index (χ4v) is 4.59. The first-order valence-electron chi connectivity index (χ1n) is 10.9. The van der Waals surface area contributed by atoms with E-state index in [1.807, 2.05) is 24.3 Å². The Kier molecular flexibility index (Phi) is 5.82. The highest BCUT2D eigenvalue weighted by Gasteiger charge is 2.30. The number of hydrogen-bond donors (Lipinski definition) is 1. The van der Waals surface area contributed by atoms with E-state index in [0.29, 0.717) is 11.9 Å². The van der Waals surface area contributed by atoms with Crippen molar-refractivity contribution in [3.05, 3.63) is 42.9 Å². The molecule has 1 N–H and O–H groups in total. The number of aromatic nitrogens is 4. The Morgan fingerprint density at radius 1 is 1.03 bits per heavy atom. The lowest BCUT2D eigenvalue weighted by molar-refractivity contribution is -0.121. The minimum absolute atomic E-state index is 0.0284. The molecule has 1 saturated heterocycles. The molecule has 3 heterocycles. The summed E-state index contributed by atoms with van der Waals surface area (Å²) in [6, 6.07) is 8.31. The second-order valence-electron chi connectivity index (χ2n) is 8.24. The summed E-state index contributed by atoms with van der Waals surface area (Å²) in [6.07, 6.45) is 8.98. The molecule has 0 atom stereocenters. The third kappa shape index (κ3) is 4.55. The summed E-state index contributed by atoms with van der Waals surface area (Å²) in [7, 11) is 0. The smallest absolute Gasteiger partial charge is 0.228 e. The van der Waals surface area contributed by atoms with Gasteiger partial charge >= 0.3 is 0 Å². The maximum absolute atomic E-state index is 12.8. The average Bonchev–Trinajstić information content (AvgIpc) is 2.85. The van der Waals surface area contributed by atoms with Crippen molar-refractivity contribution in [2.45, 2.75) is 31.7 Å². The first kappa shape index (κ1) is 20.0. The van der Waals surface area contributed by atoms with Gasteiger partial charge in [-0.15, -0.1) is 10.2 Å². The van der Waals surface area contributed by atoms with E-state index in [0.717, 1.165) is 74.1 Å². The number of nitrogens with zero attached hydrogens (tertiary/aromatic N) is 5. The lowest BCUT2D eigenvalue weighted by atomic mass is 9.84. The van der Waals surface area contributed by atoms with Gasteiger partial charge in [-0.05, 0) is 43.9 Å². The summed E-state index contributed by atoms with van der Waals surface area (Å²) in [4.78, 5) is 23.8. The molecule has 1 aromatic carbocycles. The van der Waals surface area contributed by atoms with E-state index in [2.05, 4.69) is 30.4 Å². The predicted octanol–water partition coefficient (Wildman–Crippen LogP) is 2.92. The van der Waals surface area contributed by atoms with Crippen molar-refractivity contribution < 1.29 is 9.53 Å². The molecule has 8 heteroatoms. The molecule has 2 aliphatic rings. The summed E-state index contributed by atoms with van der Waals surface area (Å²) in [6.45, 7) is 3.65. The average molecular weight is 419 g/mol. The minimum atomic E-state index is 0.0284. The Labute approximate surface area is 181 Å². The number of amides is 1. The van der Waals surface area contributed by atoms with Gasteiger partial charge in [-0.2, -0.15) is 0 Å². The van der Waals surface area contributed by atoms with E-state index < -0.39 is 0 Å². The summed E-state index contributed by atoms with van der Waals surface area (Å²) in [5, 5.41) is 12.4. The SMILES string of the molecule is O=C(Nc1cc2cc(-c3cnccn3)ccc2nn1)C1CCC(N2CCOCC2)CC1. The molecule has 0 unspecified atom stereocenters. The van der Waals surface area contributed by atoms with Gasteiger partial charge < -0.3 is 10.1 Å². The lowest BCUT2D eigenvalue weighted by Crippen LogP contribution is -2.45. The van der Waals surface area contributed by atoms with Crippen molar-refractivity contribution in [3.8, 4) is 11.3 Å². The van der Waals surface area contributed by atoms with Gasteiger partial charge in [0.2, 0.25) is 5.91 Å². The molecular formula is C23H26N6O2. The number of nitrogens with one attached hydrogen (secondary N) is 1. The van der Waals surface area contributed by atoms with Crippen LogP contribution in [0.25, 0.3) is 22.2 Å². The molecule has 3 aromatic rings. The quantitative estimate of drug-likeness (QED) is 0.696. The van der Waals surface area contributed by atoms with Crippen molar-refractivity contribution in [1.82, 2.24) is 25.1 Å². The van der Waals surface area contributed by atoms with E-state index in [1.165, 1.54) is 0 Å². The van der Waals surface area contributed by atoms with Gasteiger partial charge in [-0.1, -0.05) is 6.07 Å². The van der Waals surface area contributed by atoms with Crippen LogP contribution in [-0.4, -0.2) is 63.3 Å². The van der Waals surface area contributed by atoms with Crippen LogP contribution in [0.3, 0.4) is 0 Å². The molecule has 0 radical (unpaired) electrons. The number of benzene rings is 1. The van der Waals surface area contributed by atoms with E-state index >= 15 is 0 Å². The van der Waals surface area contributed by atoms with Crippen LogP contribution in [0.4, 0.5) is 5.82 Å². The lowest BCUT2D eigenvalue weighted by Gasteiger charge is -2.38. The first-order chi connectivity index (χ1) is 15.3. The van der Waals surface area contributed by atoms with Crippen LogP contribution in [0.2, 0.25) is 0 Å². The number of fused-ring (bicyclic) bond motifs is 1. The number of carbonyl (C=O) groups excluding carboxylic acids is 1. The van der Waals surface area contributed by atoms with Crippen LogP contribution in [-0.2, 0) is 9.53 Å². The number of hydrogen-bond acceptors (Lipinski definition) is 7. The molecule has 1 aliphatic carbocycles. The molecule has 160 valence electrons. The summed E-state index contributed by atoms with van der Waals surface area (Å²) < 4.78 is 5.45. The zero-order chi connectivity index (χ0) is 21.0. The van der Waals surface area contributed by atoms with E-state index in [4.69, 9.17) is 4.74 Å². The number of ether oxygens (including phenoxy) is 1. The molecule has 1 aliphatic heterocycles. The highest BCUT2D eigenvalue weighted by Crippen LogP contribution is 2.29. The van der Waals surface area contributed by atoms with Crippen LogP contribution in [0.15, 0.2) is 42.9 Å². The van der Waals surface area contributed by atoms with Crippen LogP contribution >= 0.6 is 0 Å². The second-order valence-corrected chi connectivity index (χ2v) is 8.24. The van der Waals surface area contributed by atoms with Crippen LogP contribution < -0.4 is 5.32 Å². The van der Waals surface area contributed by atoms with Gasteiger partial charge in [0, 0.05) is 48.4 Å². The minimum Gasteiger partial charge on any atom is -0.379 e. The van der Waals surface area contributed by atoms with Crippen LogP contribution in [0, 0.1) is 5.92 Å². The van der Waals surface area contributed by atoms with E-state index in [-0.39, 0.29) is 11.8 Å². The number of carbonyl (C=O) groups is 1. The number of rotatable bonds is 4. The molecule has 1 saturated carbocycles. The Hall–Kier alpha value is -2.97. The number of morpholine rings is 1. The maximum atomic E-state index is 12.8. The van der Waals surface area contributed by atoms with Crippen molar-refractivity contribution in [1.29, 1.82) is 0 Å². The zero-order valence-electron chi connectivity index (χ0n) is 17.4. The Bertz CT molecular complexity index is 1050. The van der Waals surface area contributed by atoms with Crippen molar-refractivity contribution in [2.75, 3.05) is 31.6 Å². The van der Waals surface area contributed by atoms with Crippen molar-refractivity contribution in [2.24, 2.45) is 5.92 Å². The third-order valence-electron chi connectivity index (χ3n) is 6.33. The van der Waals surface area contributed by atoms with Crippen LogP contribution in [0.5, 0.6) is 0 Å². The largest absolute Gasteiger partial charge is 0.379 e. The molecule has 31 heavy (non-hydrogen) atoms. The Morgan fingerprint density at radius 2 is 1.87 bits per heavy atom. The van der Waals surface area contributed by atoms with E-state index in [1.54, 1.807) is 18.6 Å². The standard InChI is InChI=1S/C23H26N6O2/c30-23(16-1-4-19(5-2-16)29-9-11-31-12-10-29)26-22-14-18-13-17(3-6-20(18)27-28-22)21-15-24-7-8-25-21/h3,6-8,13-16,19H,1-2,4-5,9-12H2,(H,26,28,30). The van der Waals surface area contributed by atoms with Gasteiger partial charge in [0.05, 0.1) is 30.6 Å². The zero-order valence-corrected chi connectivity index (χ0v) is 17.4. The molecule has 0 bridgehead atoms. The van der Waals surface area contributed by atoms with Gasteiger partial charge in [0.1, 0.15) is 0 Å². The monoisotopic (exact) mass is 418 g/mol. The van der Waals surface area contributed by atoms with Gasteiger partial charge in [0.25, 0.3) is 0 Å². The molecule has 5 rings (SSSR count). The number of anilines is 1. The molecule has 8 nitrogen and oxygen atoms in total. The van der Waals surface area contributed by atoms with Crippen LogP contribution in [0.1, 0.15) is 25.7 Å². The first-order valence-corrected chi connectivity index (χ1v) is 10.9. The maximum Gasteiger partial charge on any atom is 0.228 e. The fraction of sp³-hybridized carbons (Fsp3) is 0.435. The molecule has 2 aromatic heterocycles. The summed E-state index contributed by atoms with van der Waals surface area (Å²) in [5.74, 6) is 0.559. The Balaban J connectivity index is 1.24. The summed E-state index contributed by atoms with van der Waals surface area (Å²) >= 11 is 0. The van der Waals surface area contributed by atoms with Crippen molar-refractivity contribution in [3.63, 3.8) is 0 Å². The predicted molar refractivity (Wildman–Crippen MR) is 117 cm³/mol. The summed E-state index contributed by atoms with van der Waals surface area (Å²) in [5.41, 5.74) is 2.52.